The summed E-state index contributed by atoms with van der Waals surface area (Å²) in [5, 5.41) is 5.29. The van der Waals surface area contributed by atoms with Crippen LogP contribution >= 0.6 is 0 Å². The second kappa shape index (κ2) is 6.39. The largest absolute Gasteiger partial charge is 0.370 e. The average Bonchev–Trinajstić information content (AvgIpc) is 2.84. The van der Waals surface area contributed by atoms with E-state index in [1.165, 1.54) is 0 Å². The number of hydrogen-bond donors (Lipinski definition) is 2. The number of rotatable bonds is 5. The monoisotopic (exact) mass is 297 g/mol. The van der Waals surface area contributed by atoms with Crippen LogP contribution in [0.25, 0.3) is 0 Å². The van der Waals surface area contributed by atoms with E-state index in [2.05, 4.69) is 10.6 Å². The smallest absolute Gasteiger partial charge is 0.262 e. The summed E-state index contributed by atoms with van der Waals surface area (Å²) < 4.78 is 26.1. The van der Waals surface area contributed by atoms with Crippen molar-refractivity contribution in [3.63, 3.8) is 0 Å². The van der Waals surface area contributed by atoms with Gasteiger partial charge in [-0.15, -0.1) is 0 Å². The summed E-state index contributed by atoms with van der Waals surface area (Å²) in [5.41, 5.74) is 1.05. The zero-order valence-electron chi connectivity index (χ0n) is 12.3. The molecule has 2 atom stereocenters. The van der Waals surface area contributed by atoms with Crippen LogP contribution in [0.3, 0.4) is 0 Å². The van der Waals surface area contributed by atoms with Gasteiger partial charge in [0.05, 0.1) is 12.6 Å². The lowest BCUT2D eigenvalue weighted by Gasteiger charge is -2.27. The predicted octanol–water partition coefficient (Wildman–Crippen LogP) is 1.62. The number of halogens is 2. The predicted molar refractivity (Wildman–Crippen MR) is 78.7 cm³/mol. The lowest BCUT2D eigenvalue weighted by Crippen LogP contribution is -2.46. The summed E-state index contributed by atoms with van der Waals surface area (Å²) in [5.74, 6) is -3.14. The van der Waals surface area contributed by atoms with E-state index < -0.39 is 24.9 Å². The van der Waals surface area contributed by atoms with Gasteiger partial charge >= 0.3 is 0 Å². The minimum Gasteiger partial charge on any atom is -0.370 e. The molecule has 2 rings (SSSR count). The summed E-state index contributed by atoms with van der Waals surface area (Å²) in [7, 11) is 1.94. The molecule has 21 heavy (non-hydrogen) atoms. The highest BCUT2D eigenvalue weighted by molar-refractivity contribution is 5.82. The Kier molecular flexibility index (Phi) is 4.77. The van der Waals surface area contributed by atoms with Gasteiger partial charge in [0.25, 0.3) is 5.92 Å². The number of carbonyl (C=O) groups excluding carboxylic acids is 1. The normalized spacial score (nSPS) is 21.8. The Bertz CT molecular complexity index is 481. The summed E-state index contributed by atoms with van der Waals surface area (Å²) >= 11 is 0. The van der Waals surface area contributed by atoms with Gasteiger partial charge in [0.2, 0.25) is 5.91 Å². The SMILES string of the molecule is CC(CNC(=O)C1CC(F)(F)CN1)N(C)c1ccccc1. The maximum absolute atomic E-state index is 13.1. The van der Waals surface area contributed by atoms with Crippen LogP contribution in [0.15, 0.2) is 30.3 Å². The van der Waals surface area contributed by atoms with E-state index in [9.17, 15) is 13.6 Å². The quantitative estimate of drug-likeness (QED) is 0.868. The van der Waals surface area contributed by atoms with Crippen molar-refractivity contribution in [3.8, 4) is 0 Å². The molecule has 1 aliphatic rings. The number of carbonyl (C=O) groups is 1. The first-order valence-corrected chi connectivity index (χ1v) is 7.06. The Labute approximate surface area is 123 Å². The van der Waals surface area contributed by atoms with Crippen LogP contribution in [0.5, 0.6) is 0 Å². The number of nitrogens with one attached hydrogen (secondary N) is 2. The highest BCUT2D eigenvalue weighted by Gasteiger charge is 2.42. The van der Waals surface area contributed by atoms with Gasteiger partial charge in [-0.05, 0) is 19.1 Å². The average molecular weight is 297 g/mol. The number of hydrogen-bond acceptors (Lipinski definition) is 3. The third-order valence-corrected chi connectivity index (χ3v) is 3.82. The van der Waals surface area contributed by atoms with Crippen molar-refractivity contribution in [1.29, 1.82) is 0 Å². The molecule has 1 saturated heterocycles. The van der Waals surface area contributed by atoms with Gasteiger partial charge in [0, 0.05) is 31.7 Å². The lowest BCUT2D eigenvalue weighted by atomic mass is 10.1. The molecule has 1 aliphatic heterocycles. The fraction of sp³-hybridized carbons (Fsp3) is 0.533. The van der Waals surface area contributed by atoms with Gasteiger partial charge < -0.3 is 10.2 Å². The first-order chi connectivity index (χ1) is 9.89. The maximum Gasteiger partial charge on any atom is 0.262 e. The van der Waals surface area contributed by atoms with Gasteiger partial charge in [-0.25, -0.2) is 8.78 Å². The molecule has 1 aromatic carbocycles. The molecule has 0 radical (unpaired) electrons. The van der Waals surface area contributed by atoms with Gasteiger partial charge in [0.1, 0.15) is 0 Å². The first kappa shape index (κ1) is 15.7. The maximum atomic E-state index is 13.1. The Hall–Kier alpha value is -1.69. The van der Waals surface area contributed by atoms with E-state index >= 15 is 0 Å². The minimum absolute atomic E-state index is 0.0678. The van der Waals surface area contributed by atoms with Crippen LogP contribution in [-0.4, -0.2) is 44.1 Å². The molecule has 0 bridgehead atoms. The molecule has 1 amide bonds. The van der Waals surface area contributed by atoms with E-state index in [4.69, 9.17) is 0 Å². The van der Waals surface area contributed by atoms with Crippen LogP contribution in [0, 0.1) is 0 Å². The van der Waals surface area contributed by atoms with Crippen molar-refractivity contribution < 1.29 is 13.6 Å². The van der Waals surface area contributed by atoms with E-state index in [-0.39, 0.29) is 11.9 Å². The molecule has 6 heteroatoms. The molecule has 1 aromatic rings. The zero-order chi connectivity index (χ0) is 15.5. The van der Waals surface area contributed by atoms with Crippen molar-refractivity contribution in [2.75, 3.05) is 25.0 Å². The van der Waals surface area contributed by atoms with Gasteiger partial charge in [-0.3, -0.25) is 10.1 Å². The first-order valence-electron chi connectivity index (χ1n) is 7.06. The van der Waals surface area contributed by atoms with Gasteiger partial charge in [0.15, 0.2) is 0 Å². The Morgan fingerprint density at radius 1 is 1.48 bits per heavy atom. The topological polar surface area (TPSA) is 44.4 Å². The number of amides is 1. The molecule has 1 fully saturated rings. The molecular weight excluding hydrogens is 276 g/mol. The molecule has 2 unspecified atom stereocenters. The molecule has 116 valence electrons. The van der Waals surface area contributed by atoms with Crippen molar-refractivity contribution in [3.05, 3.63) is 30.3 Å². The summed E-state index contributed by atoms with van der Waals surface area (Å²) in [6.07, 6.45) is -0.429. The zero-order valence-corrected chi connectivity index (χ0v) is 12.3. The fourth-order valence-corrected chi connectivity index (χ4v) is 2.33. The van der Waals surface area contributed by atoms with Crippen molar-refractivity contribution in [2.24, 2.45) is 0 Å². The van der Waals surface area contributed by atoms with Crippen LogP contribution in [0.1, 0.15) is 13.3 Å². The molecule has 0 aliphatic carbocycles. The summed E-state index contributed by atoms with van der Waals surface area (Å²) in [6.45, 7) is 1.96. The molecule has 0 saturated carbocycles. The number of nitrogens with zero attached hydrogens (tertiary/aromatic N) is 1. The highest BCUT2D eigenvalue weighted by Crippen LogP contribution is 2.25. The van der Waals surface area contributed by atoms with Crippen LogP contribution in [-0.2, 0) is 4.79 Å². The molecular formula is C15H21F2N3O. The number of para-hydroxylation sites is 1. The van der Waals surface area contributed by atoms with E-state index in [1.807, 2.05) is 49.2 Å². The third-order valence-electron chi connectivity index (χ3n) is 3.82. The standard InChI is InChI=1S/C15H21F2N3O/c1-11(20(2)12-6-4-3-5-7-12)9-18-14(21)13-8-15(16,17)10-19-13/h3-7,11,13,19H,8-10H2,1-2H3,(H,18,21). The molecule has 1 heterocycles. The summed E-state index contributed by atoms with van der Waals surface area (Å²) in [4.78, 5) is 13.9. The lowest BCUT2D eigenvalue weighted by molar-refractivity contribution is -0.123. The molecule has 0 aromatic heterocycles. The molecule has 0 spiro atoms. The van der Waals surface area contributed by atoms with Gasteiger partial charge in [-0.1, -0.05) is 18.2 Å². The number of benzene rings is 1. The fourth-order valence-electron chi connectivity index (χ4n) is 2.33. The minimum atomic E-state index is -2.78. The Balaban J connectivity index is 1.81. The van der Waals surface area contributed by atoms with Crippen molar-refractivity contribution in [2.45, 2.75) is 31.4 Å². The molecule has 2 N–H and O–H groups in total. The number of likely N-dealkylation sites (N-methyl/N-ethyl adjacent to an activating group) is 1. The second-order valence-electron chi connectivity index (χ2n) is 5.53. The van der Waals surface area contributed by atoms with Crippen molar-refractivity contribution >= 4 is 11.6 Å². The molecule has 4 nitrogen and oxygen atoms in total. The van der Waals surface area contributed by atoms with Gasteiger partial charge in [-0.2, -0.15) is 0 Å². The van der Waals surface area contributed by atoms with E-state index in [1.54, 1.807) is 0 Å². The second-order valence-corrected chi connectivity index (χ2v) is 5.53. The van der Waals surface area contributed by atoms with E-state index in [0.29, 0.717) is 6.54 Å². The van der Waals surface area contributed by atoms with Crippen LogP contribution in [0.4, 0.5) is 14.5 Å². The van der Waals surface area contributed by atoms with E-state index in [0.717, 1.165) is 5.69 Å². The van der Waals surface area contributed by atoms with Crippen LogP contribution < -0.4 is 15.5 Å². The van der Waals surface area contributed by atoms with Crippen LogP contribution in [0.2, 0.25) is 0 Å². The number of anilines is 1. The third kappa shape index (κ3) is 4.14. The summed E-state index contributed by atoms with van der Waals surface area (Å²) in [6, 6.07) is 9.07. The van der Waals surface area contributed by atoms with Crippen molar-refractivity contribution in [1.82, 2.24) is 10.6 Å². The highest BCUT2D eigenvalue weighted by atomic mass is 19.3. The Morgan fingerprint density at radius 3 is 2.71 bits per heavy atom. The Morgan fingerprint density at radius 2 is 2.14 bits per heavy atom. The number of alkyl halides is 2.